The molecule has 0 spiro atoms. The summed E-state index contributed by atoms with van der Waals surface area (Å²) in [4.78, 5) is 3.20. The number of fused-ring (bicyclic) bond motifs is 1. The SMILES string of the molecule is Cc1ccc(Cn2c(=S)[nH]c3cc(Br)ccc32)o1. The van der Waals surface area contributed by atoms with Gasteiger partial charge in [0.25, 0.3) is 0 Å². The van der Waals surface area contributed by atoms with E-state index in [0.29, 0.717) is 11.3 Å². The quantitative estimate of drug-likeness (QED) is 0.709. The zero-order valence-electron chi connectivity index (χ0n) is 9.74. The number of rotatable bonds is 2. The number of benzene rings is 1. The minimum atomic E-state index is 0.647. The van der Waals surface area contributed by atoms with Crippen molar-refractivity contribution < 1.29 is 4.42 Å². The lowest BCUT2D eigenvalue weighted by molar-refractivity contribution is 0.471. The maximum Gasteiger partial charge on any atom is 0.178 e. The van der Waals surface area contributed by atoms with Gasteiger partial charge in [-0.2, -0.15) is 0 Å². The van der Waals surface area contributed by atoms with Crippen LogP contribution in [0.2, 0.25) is 0 Å². The minimum Gasteiger partial charge on any atom is -0.464 e. The fourth-order valence-corrected chi connectivity index (χ4v) is 2.65. The van der Waals surface area contributed by atoms with Crippen LogP contribution in [0.3, 0.4) is 0 Å². The van der Waals surface area contributed by atoms with Crippen molar-refractivity contribution in [1.29, 1.82) is 0 Å². The molecular formula is C13H11BrN2OS. The number of furan rings is 1. The van der Waals surface area contributed by atoms with Crippen molar-refractivity contribution in [3.8, 4) is 0 Å². The molecule has 18 heavy (non-hydrogen) atoms. The van der Waals surface area contributed by atoms with Crippen LogP contribution in [0.15, 0.2) is 39.2 Å². The second-order valence-electron chi connectivity index (χ2n) is 4.19. The van der Waals surface area contributed by atoms with E-state index < -0.39 is 0 Å². The molecule has 3 nitrogen and oxygen atoms in total. The lowest BCUT2D eigenvalue weighted by atomic mass is 10.3. The highest BCUT2D eigenvalue weighted by atomic mass is 79.9. The molecule has 0 aliphatic heterocycles. The molecule has 92 valence electrons. The second kappa shape index (κ2) is 4.40. The first kappa shape index (κ1) is 11.7. The largest absolute Gasteiger partial charge is 0.464 e. The highest BCUT2D eigenvalue weighted by Gasteiger charge is 2.07. The topological polar surface area (TPSA) is 33.9 Å². The number of imidazole rings is 1. The summed E-state index contributed by atoms with van der Waals surface area (Å²) in [6.07, 6.45) is 0. The van der Waals surface area contributed by atoms with Gasteiger partial charge in [0.2, 0.25) is 0 Å². The van der Waals surface area contributed by atoms with Gasteiger partial charge in [-0.3, -0.25) is 0 Å². The number of aromatic nitrogens is 2. The minimum absolute atomic E-state index is 0.647. The summed E-state index contributed by atoms with van der Waals surface area (Å²) in [5.74, 6) is 1.83. The van der Waals surface area contributed by atoms with Crippen LogP contribution in [-0.4, -0.2) is 9.55 Å². The van der Waals surface area contributed by atoms with Crippen LogP contribution in [0.5, 0.6) is 0 Å². The normalized spacial score (nSPS) is 11.2. The molecule has 0 aliphatic carbocycles. The van der Waals surface area contributed by atoms with Gasteiger partial charge < -0.3 is 14.0 Å². The van der Waals surface area contributed by atoms with Crippen LogP contribution in [0, 0.1) is 11.7 Å². The first-order valence-electron chi connectivity index (χ1n) is 5.57. The Morgan fingerprint density at radius 1 is 1.33 bits per heavy atom. The van der Waals surface area contributed by atoms with Crippen LogP contribution in [0.25, 0.3) is 11.0 Å². The third kappa shape index (κ3) is 2.04. The lowest BCUT2D eigenvalue weighted by Crippen LogP contribution is -1.98. The fourth-order valence-electron chi connectivity index (χ4n) is 2.02. The molecule has 2 aromatic heterocycles. The molecule has 0 unspecified atom stereocenters. The number of aryl methyl sites for hydroxylation is 1. The summed E-state index contributed by atoms with van der Waals surface area (Å²) in [6.45, 7) is 2.59. The Bertz CT molecular complexity index is 769. The van der Waals surface area contributed by atoms with E-state index in [1.807, 2.05) is 41.8 Å². The van der Waals surface area contributed by atoms with E-state index in [1.165, 1.54) is 0 Å². The Labute approximate surface area is 118 Å². The summed E-state index contributed by atoms with van der Waals surface area (Å²) in [7, 11) is 0. The van der Waals surface area contributed by atoms with Crippen molar-refractivity contribution in [1.82, 2.24) is 9.55 Å². The second-order valence-corrected chi connectivity index (χ2v) is 5.49. The van der Waals surface area contributed by atoms with Crippen molar-refractivity contribution in [3.05, 3.63) is 51.1 Å². The summed E-state index contributed by atoms with van der Waals surface area (Å²) >= 11 is 8.81. The van der Waals surface area contributed by atoms with Gasteiger partial charge in [-0.1, -0.05) is 15.9 Å². The van der Waals surface area contributed by atoms with E-state index in [4.69, 9.17) is 16.6 Å². The average Bonchev–Trinajstić information content (AvgIpc) is 2.84. The van der Waals surface area contributed by atoms with Gasteiger partial charge in [0.15, 0.2) is 4.77 Å². The van der Waals surface area contributed by atoms with E-state index in [2.05, 4.69) is 20.9 Å². The van der Waals surface area contributed by atoms with Crippen molar-refractivity contribution in [2.75, 3.05) is 0 Å². The maximum atomic E-state index is 5.59. The number of aromatic amines is 1. The molecule has 2 heterocycles. The fraction of sp³-hybridized carbons (Fsp3) is 0.154. The lowest BCUT2D eigenvalue weighted by Gasteiger charge is -2.01. The van der Waals surface area contributed by atoms with Crippen molar-refractivity contribution >= 4 is 39.2 Å². The van der Waals surface area contributed by atoms with Gasteiger partial charge in [-0.15, -0.1) is 0 Å². The standard InChI is InChI=1S/C13H11BrN2OS/c1-8-2-4-10(17-8)7-16-12-5-3-9(14)6-11(12)15-13(16)18/h2-6H,7H2,1H3,(H,15,18). The Morgan fingerprint density at radius 2 is 2.17 bits per heavy atom. The molecule has 0 radical (unpaired) electrons. The first-order chi connectivity index (χ1) is 8.63. The third-order valence-corrected chi connectivity index (χ3v) is 3.66. The molecule has 3 rings (SSSR count). The Kier molecular flexibility index (Phi) is 2.87. The number of nitrogens with one attached hydrogen (secondary N) is 1. The van der Waals surface area contributed by atoms with Gasteiger partial charge in [0, 0.05) is 4.47 Å². The molecule has 0 amide bonds. The summed E-state index contributed by atoms with van der Waals surface area (Å²) in [5, 5.41) is 0. The molecule has 1 aromatic carbocycles. The summed E-state index contributed by atoms with van der Waals surface area (Å²) in [6, 6.07) is 10.0. The summed E-state index contributed by atoms with van der Waals surface area (Å²) in [5.41, 5.74) is 2.11. The molecule has 3 aromatic rings. The molecule has 1 N–H and O–H groups in total. The van der Waals surface area contributed by atoms with E-state index in [0.717, 1.165) is 27.0 Å². The molecule has 0 atom stereocenters. The molecule has 0 aliphatic rings. The predicted molar refractivity (Wildman–Crippen MR) is 77.4 cm³/mol. The first-order valence-corrected chi connectivity index (χ1v) is 6.77. The molecule has 0 saturated heterocycles. The van der Waals surface area contributed by atoms with Gasteiger partial charge in [-0.05, 0) is 49.5 Å². The van der Waals surface area contributed by atoms with Crippen molar-refractivity contribution in [2.24, 2.45) is 0 Å². The smallest absolute Gasteiger partial charge is 0.178 e. The molecule has 5 heteroatoms. The van der Waals surface area contributed by atoms with Gasteiger partial charge in [0.05, 0.1) is 17.6 Å². The average molecular weight is 323 g/mol. The molecule has 0 saturated carbocycles. The van der Waals surface area contributed by atoms with E-state index in [1.54, 1.807) is 0 Å². The monoisotopic (exact) mass is 322 g/mol. The number of H-pyrrole nitrogens is 1. The van der Waals surface area contributed by atoms with Crippen LogP contribution in [0.1, 0.15) is 11.5 Å². The van der Waals surface area contributed by atoms with Crippen LogP contribution in [-0.2, 0) is 6.54 Å². The highest BCUT2D eigenvalue weighted by Crippen LogP contribution is 2.21. The van der Waals surface area contributed by atoms with E-state index >= 15 is 0 Å². The number of hydrogen-bond donors (Lipinski definition) is 1. The van der Waals surface area contributed by atoms with Crippen molar-refractivity contribution in [3.63, 3.8) is 0 Å². The predicted octanol–water partition coefficient (Wildman–Crippen LogP) is 4.41. The zero-order valence-corrected chi connectivity index (χ0v) is 12.1. The number of nitrogens with zero attached hydrogens (tertiary/aromatic N) is 1. The van der Waals surface area contributed by atoms with E-state index in [-0.39, 0.29) is 0 Å². The summed E-state index contributed by atoms with van der Waals surface area (Å²) < 4.78 is 9.37. The molecular weight excluding hydrogens is 312 g/mol. The molecule has 0 fully saturated rings. The van der Waals surface area contributed by atoms with Crippen LogP contribution >= 0.6 is 28.1 Å². The molecule has 0 bridgehead atoms. The maximum absolute atomic E-state index is 5.59. The van der Waals surface area contributed by atoms with E-state index in [9.17, 15) is 0 Å². The van der Waals surface area contributed by atoms with Gasteiger partial charge in [-0.25, -0.2) is 0 Å². The number of hydrogen-bond acceptors (Lipinski definition) is 2. The van der Waals surface area contributed by atoms with Crippen molar-refractivity contribution in [2.45, 2.75) is 13.5 Å². The van der Waals surface area contributed by atoms with Gasteiger partial charge in [0.1, 0.15) is 11.5 Å². The highest BCUT2D eigenvalue weighted by molar-refractivity contribution is 9.10. The zero-order chi connectivity index (χ0) is 12.7. The van der Waals surface area contributed by atoms with Crippen LogP contribution in [0.4, 0.5) is 0 Å². The van der Waals surface area contributed by atoms with Crippen LogP contribution < -0.4 is 0 Å². The Morgan fingerprint density at radius 3 is 2.89 bits per heavy atom. The van der Waals surface area contributed by atoms with Gasteiger partial charge >= 0.3 is 0 Å². The third-order valence-electron chi connectivity index (χ3n) is 2.85. The Hall–Kier alpha value is -1.33. The number of halogens is 1. The Balaban J connectivity index is 2.11.